The zero-order valence-electron chi connectivity index (χ0n) is 10.2. The minimum atomic E-state index is 0.0107. The molecule has 0 spiro atoms. The Bertz CT molecular complexity index is 193. The van der Waals surface area contributed by atoms with E-state index in [2.05, 4.69) is 15.9 Å². The smallest absolute Gasteiger partial charge is 0.0596 e. The van der Waals surface area contributed by atoms with Gasteiger partial charge in [0.25, 0.3) is 0 Å². The predicted molar refractivity (Wildman–Crippen MR) is 71.8 cm³/mol. The van der Waals surface area contributed by atoms with Gasteiger partial charge in [0.2, 0.25) is 0 Å². The van der Waals surface area contributed by atoms with Crippen LogP contribution >= 0.6 is 15.9 Å². The Hall–Kier alpha value is 0.440. The van der Waals surface area contributed by atoms with E-state index in [1.54, 1.807) is 0 Å². The fourth-order valence-electron chi connectivity index (χ4n) is 3.54. The molecule has 2 heteroatoms. The van der Waals surface area contributed by atoms with E-state index in [0.717, 1.165) is 11.2 Å². The number of aliphatic hydroxyl groups excluding tert-OH is 1. The highest BCUT2D eigenvalue weighted by molar-refractivity contribution is 9.09. The third-order valence-corrected chi connectivity index (χ3v) is 5.64. The van der Waals surface area contributed by atoms with Crippen LogP contribution < -0.4 is 0 Å². The molecule has 94 valence electrons. The zero-order valence-corrected chi connectivity index (χ0v) is 11.8. The second kappa shape index (κ2) is 6.39. The Morgan fingerprint density at radius 2 is 1.44 bits per heavy atom. The SMILES string of the molecule is OC(C1CCCCC1)[C@H]1CC[C@@H](CBr)CC1. The van der Waals surface area contributed by atoms with Crippen LogP contribution in [0, 0.1) is 17.8 Å². The summed E-state index contributed by atoms with van der Waals surface area (Å²) >= 11 is 3.58. The Kier molecular flexibility index (Phi) is 5.15. The number of aliphatic hydroxyl groups is 1. The lowest BCUT2D eigenvalue weighted by molar-refractivity contribution is 0.0137. The van der Waals surface area contributed by atoms with Gasteiger partial charge in [0.05, 0.1) is 6.10 Å². The lowest BCUT2D eigenvalue weighted by atomic mass is 9.73. The zero-order chi connectivity index (χ0) is 11.4. The molecule has 0 radical (unpaired) electrons. The Morgan fingerprint density at radius 3 is 2.00 bits per heavy atom. The van der Waals surface area contributed by atoms with Gasteiger partial charge in [-0.2, -0.15) is 0 Å². The standard InChI is InChI=1S/C14H25BrO/c15-10-11-6-8-13(9-7-11)14(16)12-4-2-1-3-5-12/h11-14,16H,1-10H2/t11-,13+,14?. The minimum Gasteiger partial charge on any atom is -0.393 e. The summed E-state index contributed by atoms with van der Waals surface area (Å²) in [5.74, 6) is 2.10. The molecule has 2 aliphatic rings. The number of rotatable bonds is 3. The fraction of sp³-hybridized carbons (Fsp3) is 1.00. The van der Waals surface area contributed by atoms with Crippen molar-refractivity contribution in [3.8, 4) is 0 Å². The van der Waals surface area contributed by atoms with Gasteiger partial charge < -0.3 is 5.11 Å². The molecule has 0 saturated heterocycles. The van der Waals surface area contributed by atoms with E-state index in [0.29, 0.717) is 11.8 Å². The van der Waals surface area contributed by atoms with Gasteiger partial charge in [-0.1, -0.05) is 35.2 Å². The van der Waals surface area contributed by atoms with Crippen molar-refractivity contribution < 1.29 is 5.11 Å². The summed E-state index contributed by atoms with van der Waals surface area (Å²) in [6.45, 7) is 0. The van der Waals surface area contributed by atoms with Gasteiger partial charge in [0.1, 0.15) is 0 Å². The van der Waals surface area contributed by atoms with E-state index in [4.69, 9.17) is 0 Å². The van der Waals surface area contributed by atoms with Crippen molar-refractivity contribution in [3.05, 3.63) is 0 Å². The molecule has 2 fully saturated rings. The maximum Gasteiger partial charge on any atom is 0.0596 e. The van der Waals surface area contributed by atoms with Gasteiger partial charge in [-0.15, -0.1) is 0 Å². The molecule has 0 aliphatic heterocycles. The predicted octanol–water partition coefficient (Wildman–Crippen LogP) is 4.13. The topological polar surface area (TPSA) is 20.2 Å². The Labute approximate surface area is 108 Å². The van der Waals surface area contributed by atoms with E-state index in [9.17, 15) is 5.11 Å². The molecule has 16 heavy (non-hydrogen) atoms. The molecule has 0 aromatic carbocycles. The summed E-state index contributed by atoms with van der Waals surface area (Å²) in [5, 5.41) is 11.6. The Balaban J connectivity index is 1.78. The van der Waals surface area contributed by atoms with E-state index in [1.807, 2.05) is 0 Å². The molecular weight excluding hydrogens is 264 g/mol. The third kappa shape index (κ3) is 3.22. The van der Waals surface area contributed by atoms with Crippen LogP contribution in [0.5, 0.6) is 0 Å². The van der Waals surface area contributed by atoms with E-state index >= 15 is 0 Å². The monoisotopic (exact) mass is 288 g/mol. The van der Waals surface area contributed by atoms with E-state index in [-0.39, 0.29) is 6.10 Å². The van der Waals surface area contributed by atoms with Crippen LogP contribution in [-0.2, 0) is 0 Å². The van der Waals surface area contributed by atoms with Crippen molar-refractivity contribution >= 4 is 15.9 Å². The first-order chi connectivity index (χ1) is 7.81. The number of hydrogen-bond donors (Lipinski definition) is 1. The first kappa shape index (κ1) is 12.9. The highest BCUT2D eigenvalue weighted by Gasteiger charge is 2.31. The molecule has 2 saturated carbocycles. The van der Waals surface area contributed by atoms with Crippen molar-refractivity contribution in [1.82, 2.24) is 0 Å². The minimum absolute atomic E-state index is 0.0107. The molecule has 0 bridgehead atoms. The van der Waals surface area contributed by atoms with Gasteiger partial charge in [0, 0.05) is 5.33 Å². The Morgan fingerprint density at radius 1 is 0.875 bits per heavy atom. The van der Waals surface area contributed by atoms with Gasteiger partial charge in [-0.25, -0.2) is 0 Å². The molecule has 0 amide bonds. The molecule has 1 atom stereocenters. The first-order valence-corrected chi connectivity index (χ1v) is 8.17. The summed E-state index contributed by atoms with van der Waals surface area (Å²) < 4.78 is 0. The van der Waals surface area contributed by atoms with Crippen LogP contribution in [0.2, 0.25) is 0 Å². The maximum absolute atomic E-state index is 10.4. The van der Waals surface area contributed by atoms with Crippen LogP contribution in [-0.4, -0.2) is 16.5 Å². The van der Waals surface area contributed by atoms with Crippen molar-refractivity contribution in [1.29, 1.82) is 0 Å². The van der Waals surface area contributed by atoms with Gasteiger partial charge in [0.15, 0.2) is 0 Å². The molecule has 0 aromatic rings. The van der Waals surface area contributed by atoms with E-state index in [1.165, 1.54) is 57.8 Å². The lowest BCUT2D eigenvalue weighted by Gasteiger charge is -2.36. The maximum atomic E-state index is 10.4. The lowest BCUT2D eigenvalue weighted by Crippen LogP contribution is -2.33. The van der Waals surface area contributed by atoms with Crippen LogP contribution in [0.4, 0.5) is 0 Å². The summed E-state index contributed by atoms with van der Waals surface area (Å²) in [5.41, 5.74) is 0. The average molecular weight is 289 g/mol. The summed E-state index contributed by atoms with van der Waals surface area (Å²) in [6, 6.07) is 0. The number of halogens is 1. The molecule has 0 aromatic heterocycles. The largest absolute Gasteiger partial charge is 0.393 e. The first-order valence-electron chi connectivity index (χ1n) is 7.05. The van der Waals surface area contributed by atoms with Crippen molar-refractivity contribution in [2.24, 2.45) is 17.8 Å². The molecule has 1 nitrogen and oxygen atoms in total. The van der Waals surface area contributed by atoms with Gasteiger partial charge in [-0.3, -0.25) is 0 Å². The second-order valence-corrected chi connectivity index (χ2v) is 6.47. The summed E-state index contributed by atoms with van der Waals surface area (Å²) in [4.78, 5) is 0. The van der Waals surface area contributed by atoms with Crippen molar-refractivity contribution in [2.75, 3.05) is 5.33 Å². The quantitative estimate of drug-likeness (QED) is 0.775. The molecule has 2 aliphatic carbocycles. The van der Waals surface area contributed by atoms with Crippen molar-refractivity contribution in [3.63, 3.8) is 0 Å². The normalized spacial score (nSPS) is 34.9. The van der Waals surface area contributed by atoms with Gasteiger partial charge >= 0.3 is 0 Å². The van der Waals surface area contributed by atoms with Crippen LogP contribution in [0.1, 0.15) is 57.8 Å². The number of hydrogen-bond acceptors (Lipinski definition) is 1. The van der Waals surface area contributed by atoms with Crippen LogP contribution in [0.15, 0.2) is 0 Å². The summed E-state index contributed by atoms with van der Waals surface area (Å²) in [7, 11) is 0. The second-order valence-electron chi connectivity index (χ2n) is 5.82. The molecule has 0 heterocycles. The third-order valence-electron chi connectivity index (χ3n) is 4.73. The highest BCUT2D eigenvalue weighted by Crippen LogP contribution is 2.37. The van der Waals surface area contributed by atoms with Crippen molar-refractivity contribution in [2.45, 2.75) is 63.9 Å². The van der Waals surface area contributed by atoms with Gasteiger partial charge in [-0.05, 0) is 56.3 Å². The molecule has 1 N–H and O–H groups in total. The van der Waals surface area contributed by atoms with E-state index < -0.39 is 0 Å². The molecule has 2 rings (SSSR count). The van der Waals surface area contributed by atoms with Crippen LogP contribution in [0.3, 0.4) is 0 Å². The average Bonchev–Trinajstić information content (AvgIpc) is 2.39. The number of alkyl halides is 1. The van der Waals surface area contributed by atoms with Crippen LogP contribution in [0.25, 0.3) is 0 Å². The summed E-state index contributed by atoms with van der Waals surface area (Å²) in [6.07, 6.45) is 11.8. The fourth-order valence-corrected chi connectivity index (χ4v) is 4.19. The molecular formula is C14H25BrO. The highest BCUT2D eigenvalue weighted by atomic mass is 79.9. The molecule has 1 unspecified atom stereocenters.